The minimum Gasteiger partial charge on any atom is -0.508 e. The van der Waals surface area contributed by atoms with E-state index in [0.717, 1.165) is 21.6 Å². The Hall–Kier alpha value is -6.49. The number of thiophene rings is 1. The van der Waals surface area contributed by atoms with Gasteiger partial charge in [0, 0.05) is 42.2 Å². The number of hydrogen-bond acceptors (Lipinski definition) is 17. The fourth-order valence-corrected chi connectivity index (χ4v) is 10.6. The van der Waals surface area contributed by atoms with Crippen LogP contribution in [-0.4, -0.2) is 154 Å². The van der Waals surface area contributed by atoms with Gasteiger partial charge in [0.2, 0.25) is 65.0 Å². The maximum Gasteiger partial charge on any atom is 0.246 e. The van der Waals surface area contributed by atoms with Crippen LogP contribution >= 0.6 is 32.9 Å². The van der Waals surface area contributed by atoms with Crippen molar-refractivity contribution in [3.8, 4) is 5.75 Å². The number of nitrogens with zero attached hydrogens (tertiary/aromatic N) is 1. The first kappa shape index (κ1) is 58.1. The van der Waals surface area contributed by atoms with Crippen molar-refractivity contribution in [3.05, 3.63) is 52.2 Å². The monoisotopic (exact) mass is 1060 g/mol. The molecule has 72 heavy (non-hydrogen) atoms. The number of nitrogens with one attached hydrogen (secondary N) is 7. The number of unbranched alkanes of at least 4 members (excludes halogenated alkanes) is 1. The number of benzene rings is 1. The Bertz CT molecular complexity index is 2260. The lowest BCUT2D eigenvalue weighted by Crippen LogP contribution is -2.61. The molecule has 0 unspecified atom stereocenters. The quantitative estimate of drug-likeness (QED) is 0.0468. The predicted octanol–water partition coefficient (Wildman–Crippen LogP) is -4.27. The van der Waals surface area contributed by atoms with Crippen molar-refractivity contribution in [3.63, 3.8) is 0 Å². The Labute approximate surface area is 426 Å². The van der Waals surface area contributed by atoms with Crippen LogP contribution in [-0.2, 0) is 65.6 Å². The van der Waals surface area contributed by atoms with Crippen molar-refractivity contribution in [2.75, 3.05) is 31.1 Å². The molecule has 2 aliphatic heterocycles. The number of likely N-dealkylation sites (tertiary alicyclic amines) is 1. The van der Waals surface area contributed by atoms with Gasteiger partial charge in [0.25, 0.3) is 0 Å². The van der Waals surface area contributed by atoms with Crippen molar-refractivity contribution in [2.45, 2.75) is 113 Å². The molecule has 0 bridgehead atoms. The number of primary amides is 3. The third kappa shape index (κ3) is 18.9. The lowest BCUT2D eigenvalue weighted by Gasteiger charge is -2.31. The molecule has 394 valence electrons. The molecule has 1 aromatic carbocycles. The maximum absolute atomic E-state index is 14.5. The molecule has 2 aromatic rings. The van der Waals surface area contributed by atoms with Gasteiger partial charge < -0.3 is 75.9 Å². The van der Waals surface area contributed by atoms with Gasteiger partial charge in [-0.2, -0.15) is 0 Å². The van der Waals surface area contributed by atoms with E-state index in [1.165, 1.54) is 40.5 Å². The highest BCUT2D eigenvalue weighted by molar-refractivity contribution is 8.76. The molecule has 28 heteroatoms. The number of phenols is 1. The summed E-state index contributed by atoms with van der Waals surface area (Å²) in [6.07, 6.45) is -0.314. The molecule has 0 saturated carbocycles. The van der Waals surface area contributed by atoms with Crippen LogP contribution in [0.25, 0.3) is 0 Å². The topological polar surface area (TPSA) is 426 Å². The maximum atomic E-state index is 14.5. The van der Waals surface area contributed by atoms with Crippen LogP contribution in [0.1, 0.15) is 61.8 Å². The summed E-state index contributed by atoms with van der Waals surface area (Å²) in [6.45, 7) is -0.143. The number of carbonyl (C=O) groups is 11. The fraction of sp³-hybridized carbons (Fsp3) is 0.523. The Kier molecular flexibility index (Phi) is 23.5. The molecule has 0 radical (unpaired) electrons. The Morgan fingerprint density at radius 3 is 2.01 bits per heavy atom. The predicted molar refractivity (Wildman–Crippen MR) is 266 cm³/mol. The van der Waals surface area contributed by atoms with Gasteiger partial charge in [-0.3, -0.25) is 52.7 Å². The molecule has 1 aromatic heterocycles. The van der Waals surface area contributed by atoms with Crippen LogP contribution in [0.2, 0.25) is 0 Å². The number of nitrogens with two attached hydrogens (primary N) is 5. The Morgan fingerprint density at radius 1 is 0.750 bits per heavy atom. The number of hydrogen-bond donors (Lipinski definition) is 13. The van der Waals surface area contributed by atoms with Crippen LogP contribution < -0.4 is 65.9 Å². The summed E-state index contributed by atoms with van der Waals surface area (Å²) in [5.74, 6) is -9.95. The normalized spacial score (nSPS) is 23.2. The van der Waals surface area contributed by atoms with E-state index in [1.807, 2.05) is 0 Å². The third-order valence-corrected chi connectivity index (χ3v) is 14.7. The second-order valence-electron chi connectivity index (χ2n) is 17.0. The molecule has 11 amide bonds. The molecule has 25 nitrogen and oxygen atoms in total. The van der Waals surface area contributed by atoms with E-state index < -0.39 is 139 Å². The average Bonchev–Trinajstić information content (AvgIpc) is 4.05. The summed E-state index contributed by atoms with van der Waals surface area (Å²) < 4.78 is 0. The van der Waals surface area contributed by atoms with E-state index in [1.54, 1.807) is 17.5 Å². The van der Waals surface area contributed by atoms with Gasteiger partial charge in [-0.05, 0) is 74.2 Å². The van der Waals surface area contributed by atoms with Gasteiger partial charge in [0.15, 0.2) is 0 Å². The number of rotatable bonds is 19. The largest absolute Gasteiger partial charge is 0.508 e. The van der Waals surface area contributed by atoms with E-state index >= 15 is 0 Å². The molecular weight excluding hydrogens is 999 g/mol. The summed E-state index contributed by atoms with van der Waals surface area (Å²) in [5, 5.41) is 29.4. The highest BCUT2D eigenvalue weighted by Crippen LogP contribution is 2.26. The number of carbonyl (C=O) groups excluding carboxylic acids is 11. The zero-order valence-corrected chi connectivity index (χ0v) is 41.7. The van der Waals surface area contributed by atoms with Gasteiger partial charge in [-0.25, -0.2) is 0 Å². The van der Waals surface area contributed by atoms with Crippen molar-refractivity contribution < 1.29 is 57.8 Å². The van der Waals surface area contributed by atoms with Crippen LogP contribution in [0.5, 0.6) is 5.75 Å². The third-order valence-electron chi connectivity index (χ3n) is 11.4. The zero-order valence-electron chi connectivity index (χ0n) is 39.3. The van der Waals surface area contributed by atoms with Gasteiger partial charge in [-0.15, -0.1) is 11.3 Å². The first-order valence-corrected chi connectivity index (χ1v) is 26.4. The Morgan fingerprint density at radius 2 is 1.38 bits per heavy atom. The highest BCUT2D eigenvalue weighted by atomic mass is 33.1. The van der Waals surface area contributed by atoms with Crippen molar-refractivity contribution in [1.29, 1.82) is 0 Å². The zero-order chi connectivity index (χ0) is 52.9. The molecule has 2 saturated heterocycles. The lowest BCUT2D eigenvalue weighted by atomic mass is 10.0. The molecule has 8 atom stereocenters. The van der Waals surface area contributed by atoms with Crippen LogP contribution in [0.3, 0.4) is 0 Å². The van der Waals surface area contributed by atoms with Gasteiger partial charge in [0.05, 0.1) is 19.0 Å². The summed E-state index contributed by atoms with van der Waals surface area (Å²) in [7, 11) is 2.03. The van der Waals surface area contributed by atoms with E-state index in [0.29, 0.717) is 36.2 Å². The summed E-state index contributed by atoms with van der Waals surface area (Å²) >= 11 is 1.26. The van der Waals surface area contributed by atoms with Gasteiger partial charge in [-0.1, -0.05) is 39.8 Å². The minimum absolute atomic E-state index is 0.0346. The van der Waals surface area contributed by atoms with Crippen molar-refractivity contribution >= 4 is 97.9 Å². The van der Waals surface area contributed by atoms with Gasteiger partial charge >= 0.3 is 0 Å². The molecule has 0 aliphatic carbocycles. The summed E-state index contributed by atoms with van der Waals surface area (Å²) in [4.78, 5) is 149. The fourth-order valence-electron chi connectivity index (χ4n) is 7.57. The molecule has 0 spiro atoms. The van der Waals surface area contributed by atoms with E-state index in [-0.39, 0.29) is 49.5 Å². The molecule has 2 aliphatic rings. The second-order valence-corrected chi connectivity index (χ2v) is 20.6. The Balaban J connectivity index is 1.70. The molecular formula is C44H63N13O12S3. The highest BCUT2D eigenvalue weighted by Gasteiger charge is 2.40. The van der Waals surface area contributed by atoms with E-state index in [2.05, 4.69) is 37.2 Å². The molecule has 2 fully saturated rings. The first-order chi connectivity index (χ1) is 34.3. The number of phenolic OH excluding ortho intramolecular Hbond substituents is 1. The van der Waals surface area contributed by atoms with Gasteiger partial charge in [0.1, 0.15) is 48.0 Å². The molecule has 4 rings (SSSR count). The smallest absolute Gasteiger partial charge is 0.246 e. The van der Waals surface area contributed by atoms with Crippen molar-refractivity contribution in [1.82, 2.24) is 42.1 Å². The molecule has 18 N–H and O–H groups in total. The summed E-state index contributed by atoms with van der Waals surface area (Å²) in [6, 6.07) is -1.89. The number of amides is 11. The first-order valence-electron chi connectivity index (χ1n) is 23.0. The van der Waals surface area contributed by atoms with Crippen LogP contribution in [0.15, 0.2) is 41.8 Å². The van der Waals surface area contributed by atoms with Crippen LogP contribution in [0, 0.1) is 0 Å². The summed E-state index contributed by atoms with van der Waals surface area (Å²) in [5.41, 5.74) is 28.6. The van der Waals surface area contributed by atoms with Crippen LogP contribution in [0.4, 0.5) is 0 Å². The average molecular weight is 1060 g/mol. The van der Waals surface area contributed by atoms with Crippen molar-refractivity contribution in [2.24, 2.45) is 28.7 Å². The molecule has 3 heterocycles. The standard InChI is InChI=1S/C44H63N13O12S3/c45-14-2-1-6-27(38(63)50-20-36(49)61)52-43(68)33-7-3-15-57(33)44(69)32-22-72-71-21-26(46)37(62)53-29(17-23-8-10-24(58)11-9-23)40(65)54-30(18-25-5-4-16-70-25)41(66)51-28(12-13-34(47)59)39(64)55-31(19-35(48)60)42(67)56-32/h4-5,8-11,16,26-33,58H,1-3,6-7,12-15,17-22,45-46H2,(H2,47,59)(H2,48,60)(H2,49,61)(H,50,63)(H,51,66)(H,52,68)(H,53,62)(H,54,65)(H,55,64)(H,56,67)/t26-,27-,28-,29-,30-,31-,32-,33-/m0/s1. The SMILES string of the molecule is NCCCC[C@H](NC(=O)[C@@H]1CCCN1C(=O)[C@@H]1CSSC[C@H](N)C(=O)N[C@@H](Cc2ccc(O)cc2)C(=O)N[C@@H](Cc2cccs2)C(=O)N[C@@H](CCC(N)=O)C(=O)N[C@@H](CC(N)=O)C(=O)N1)C(=O)NCC(N)=O. The van der Waals surface area contributed by atoms with E-state index in [4.69, 9.17) is 28.7 Å². The van der Waals surface area contributed by atoms with E-state index in [9.17, 15) is 57.8 Å². The minimum atomic E-state index is -1.77. The lowest BCUT2D eigenvalue weighted by molar-refractivity contribution is -0.142. The second kappa shape index (κ2) is 29.1. The number of aromatic hydroxyl groups is 1.